The number of rotatable bonds is 4. The standard InChI is InChI=1S/C17H24N2O/c1-10-7-11(2)17(12(3)8-10)14(5)18-9-16-13(4)19-20-15(16)6/h7-8,14,18H,9H2,1-6H3. The Morgan fingerprint density at radius 2 is 1.70 bits per heavy atom. The van der Waals surface area contributed by atoms with E-state index in [2.05, 4.69) is 50.3 Å². The van der Waals surface area contributed by atoms with Gasteiger partial charge < -0.3 is 9.84 Å². The maximum atomic E-state index is 5.21. The van der Waals surface area contributed by atoms with Crippen LogP contribution in [0.25, 0.3) is 0 Å². The van der Waals surface area contributed by atoms with Crippen LogP contribution < -0.4 is 5.32 Å². The van der Waals surface area contributed by atoms with Gasteiger partial charge in [0.05, 0.1) is 5.69 Å². The van der Waals surface area contributed by atoms with E-state index >= 15 is 0 Å². The second-order valence-corrected chi connectivity index (χ2v) is 5.72. The normalized spacial score (nSPS) is 12.7. The lowest BCUT2D eigenvalue weighted by molar-refractivity contribution is 0.391. The molecule has 0 spiro atoms. The molecule has 20 heavy (non-hydrogen) atoms. The maximum absolute atomic E-state index is 5.21. The third-order valence-corrected chi connectivity index (χ3v) is 3.94. The second kappa shape index (κ2) is 5.80. The van der Waals surface area contributed by atoms with Crippen molar-refractivity contribution in [2.75, 3.05) is 0 Å². The fourth-order valence-corrected chi connectivity index (χ4v) is 2.99. The summed E-state index contributed by atoms with van der Waals surface area (Å²) in [6, 6.07) is 4.80. The van der Waals surface area contributed by atoms with E-state index in [9.17, 15) is 0 Å². The minimum atomic E-state index is 0.310. The van der Waals surface area contributed by atoms with Gasteiger partial charge in [-0.1, -0.05) is 22.9 Å². The Hall–Kier alpha value is -1.61. The van der Waals surface area contributed by atoms with Crippen molar-refractivity contribution < 1.29 is 4.52 Å². The lowest BCUT2D eigenvalue weighted by Crippen LogP contribution is -2.20. The van der Waals surface area contributed by atoms with Crippen LogP contribution in [0.1, 0.15) is 52.2 Å². The summed E-state index contributed by atoms with van der Waals surface area (Å²) in [7, 11) is 0. The Balaban J connectivity index is 2.15. The predicted molar refractivity (Wildman–Crippen MR) is 81.9 cm³/mol. The molecule has 1 N–H and O–H groups in total. The molecule has 2 rings (SSSR count). The van der Waals surface area contributed by atoms with Gasteiger partial charge in [0.15, 0.2) is 0 Å². The third kappa shape index (κ3) is 2.93. The zero-order chi connectivity index (χ0) is 14.9. The Kier molecular flexibility index (Phi) is 4.29. The van der Waals surface area contributed by atoms with Crippen molar-refractivity contribution in [2.24, 2.45) is 0 Å². The smallest absolute Gasteiger partial charge is 0.138 e. The minimum Gasteiger partial charge on any atom is -0.361 e. The Morgan fingerprint density at radius 1 is 1.10 bits per heavy atom. The first-order valence-corrected chi connectivity index (χ1v) is 7.13. The van der Waals surface area contributed by atoms with E-state index in [1.807, 2.05) is 13.8 Å². The molecule has 0 aliphatic rings. The van der Waals surface area contributed by atoms with E-state index in [0.717, 1.165) is 18.0 Å². The van der Waals surface area contributed by atoms with Crippen LogP contribution in [-0.2, 0) is 6.54 Å². The molecule has 1 aromatic heterocycles. The number of benzene rings is 1. The fraction of sp³-hybridized carbons (Fsp3) is 0.471. The summed E-state index contributed by atoms with van der Waals surface area (Å²) in [5.41, 5.74) is 7.55. The molecule has 1 unspecified atom stereocenters. The Morgan fingerprint density at radius 3 is 2.20 bits per heavy atom. The van der Waals surface area contributed by atoms with Crippen LogP contribution in [0.2, 0.25) is 0 Å². The van der Waals surface area contributed by atoms with E-state index < -0.39 is 0 Å². The summed E-state index contributed by atoms with van der Waals surface area (Å²) in [5.74, 6) is 0.902. The topological polar surface area (TPSA) is 38.1 Å². The van der Waals surface area contributed by atoms with Crippen molar-refractivity contribution in [2.45, 2.75) is 54.1 Å². The number of hydrogen-bond acceptors (Lipinski definition) is 3. The molecule has 0 aliphatic heterocycles. The first-order valence-electron chi connectivity index (χ1n) is 7.13. The van der Waals surface area contributed by atoms with Crippen molar-refractivity contribution >= 4 is 0 Å². The number of hydrogen-bond donors (Lipinski definition) is 1. The highest BCUT2D eigenvalue weighted by atomic mass is 16.5. The van der Waals surface area contributed by atoms with Gasteiger partial charge in [0.25, 0.3) is 0 Å². The molecule has 2 aromatic rings. The van der Waals surface area contributed by atoms with Crippen molar-refractivity contribution in [3.8, 4) is 0 Å². The molecular weight excluding hydrogens is 248 g/mol. The van der Waals surface area contributed by atoms with Gasteiger partial charge in [-0.3, -0.25) is 0 Å². The average molecular weight is 272 g/mol. The van der Waals surface area contributed by atoms with E-state index in [-0.39, 0.29) is 0 Å². The molecule has 0 amide bonds. The van der Waals surface area contributed by atoms with E-state index in [1.165, 1.54) is 27.8 Å². The van der Waals surface area contributed by atoms with Gasteiger partial charge in [0.2, 0.25) is 0 Å². The summed E-state index contributed by atoms with van der Waals surface area (Å²) < 4.78 is 5.21. The van der Waals surface area contributed by atoms with Crippen LogP contribution in [0, 0.1) is 34.6 Å². The first kappa shape index (κ1) is 14.8. The Labute approximate surface area is 121 Å². The van der Waals surface area contributed by atoms with Crippen molar-refractivity contribution in [3.63, 3.8) is 0 Å². The molecule has 108 valence electrons. The molecule has 1 heterocycles. The molecule has 0 saturated carbocycles. The van der Waals surface area contributed by atoms with E-state index in [0.29, 0.717) is 6.04 Å². The quantitative estimate of drug-likeness (QED) is 0.911. The van der Waals surface area contributed by atoms with E-state index in [1.54, 1.807) is 0 Å². The predicted octanol–water partition coefficient (Wildman–Crippen LogP) is 4.07. The van der Waals surface area contributed by atoms with Gasteiger partial charge in [-0.25, -0.2) is 0 Å². The first-order chi connectivity index (χ1) is 9.40. The average Bonchev–Trinajstić information content (AvgIpc) is 2.65. The van der Waals surface area contributed by atoms with Crippen LogP contribution >= 0.6 is 0 Å². The summed E-state index contributed by atoms with van der Waals surface area (Å²) >= 11 is 0. The van der Waals surface area contributed by atoms with Crippen molar-refractivity contribution in [1.29, 1.82) is 0 Å². The van der Waals surface area contributed by atoms with Gasteiger partial charge in [-0.15, -0.1) is 0 Å². The molecule has 3 heteroatoms. The number of aryl methyl sites for hydroxylation is 5. The molecule has 0 bridgehead atoms. The highest BCUT2D eigenvalue weighted by Gasteiger charge is 2.14. The monoisotopic (exact) mass is 272 g/mol. The minimum absolute atomic E-state index is 0.310. The summed E-state index contributed by atoms with van der Waals surface area (Å²) in [4.78, 5) is 0. The fourth-order valence-electron chi connectivity index (χ4n) is 2.99. The van der Waals surface area contributed by atoms with Crippen molar-refractivity contribution in [1.82, 2.24) is 10.5 Å². The molecule has 1 aromatic carbocycles. The molecule has 0 saturated heterocycles. The van der Waals surface area contributed by atoms with Crippen LogP contribution in [0.4, 0.5) is 0 Å². The molecule has 3 nitrogen and oxygen atoms in total. The van der Waals surface area contributed by atoms with Gasteiger partial charge in [0, 0.05) is 18.2 Å². The van der Waals surface area contributed by atoms with E-state index in [4.69, 9.17) is 4.52 Å². The Bertz CT molecular complexity index is 571. The molecule has 1 atom stereocenters. The van der Waals surface area contributed by atoms with Crippen LogP contribution in [-0.4, -0.2) is 5.16 Å². The molecular formula is C17H24N2O. The summed E-state index contributed by atoms with van der Waals surface area (Å²) in [6.07, 6.45) is 0. The SMILES string of the molecule is Cc1cc(C)c(C(C)NCc2c(C)noc2C)c(C)c1. The van der Waals surface area contributed by atoms with Crippen molar-refractivity contribution in [3.05, 3.63) is 51.4 Å². The van der Waals surface area contributed by atoms with Crippen LogP contribution in [0.15, 0.2) is 16.7 Å². The van der Waals surface area contributed by atoms with Crippen LogP contribution in [0.3, 0.4) is 0 Å². The summed E-state index contributed by atoms with van der Waals surface area (Å²) in [6.45, 7) is 13.5. The number of aromatic nitrogens is 1. The zero-order valence-corrected chi connectivity index (χ0v) is 13.3. The maximum Gasteiger partial charge on any atom is 0.138 e. The largest absolute Gasteiger partial charge is 0.361 e. The van der Waals surface area contributed by atoms with Gasteiger partial charge in [-0.05, 0) is 58.2 Å². The molecule has 0 radical (unpaired) electrons. The number of nitrogens with zero attached hydrogens (tertiary/aromatic N) is 1. The van der Waals surface area contributed by atoms with Gasteiger partial charge in [-0.2, -0.15) is 0 Å². The number of nitrogens with one attached hydrogen (secondary N) is 1. The summed E-state index contributed by atoms with van der Waals surface area (Å²) in [5, 5.41) is 7.58. The van der Waals surface area contributed by atoms with Crippen LogP contribution in [0.5, 0.6) is 0 Å². The second-order valence-electron chi connectivity index (χ2n) is 5.72. The highest BCUT2D eigenvalue weighted by molar-refractivity contribution is 5.39. The lowest BCUT2D eigenvalue weighted by Gasteiger charge is -2.20. The molecule has 0 fully saturated rings. The third-order valence-electron chi connectivity index (χ3n) is 3.94. The molecule has 0 aliphatic carbocycles. The van der Waals surface area contributed by atoms with Gasteiger partial charge in [0.1, 0.15) is 5.76 Å². The highest BCUT2D eigenvalue weighted by Crippen LogP contribution is 2.24. The lowest BCUT2D eigenvalue weighted by atomic mass is 9.95. The zero-order valence-electron chi connectivity index (χ0n) is 13.3. The van der Waals surface area contributed by atoms with Gasteiger partial charge >= 0.3 is 0 Å².